The number of nitro groups is 1. The number of nitrogens with one attached hydrogen (secondary N) is 1. The maximum absolute atomic E-state index is 10.8. The molecule has 0 aromatic carbocycles. The van der Waals surface area contributed by atoms with Crippen LogP contribution in [0.1, 0.15) is 31.2 Å². The summed E-state index contributed by atoms with van der Waals surface area (Å²) >= 11 is 1.33. The molecule has 2 rings (SSSR count). The molecule has 0 aliphatic carbocycles. The van der Waals surface area contributed by atoms with E-state index in [1.54, 1.807) is 6.07 Å². The first kappa shape index (κ1) is 14.4. The van der Waals surface area contributed by atoms with Gasteiger partial charge in [-0.3, -0.25) is 15.0 Å². The topological polar surface area (TPSA) is 58.4 Å². The van der Waals surface area contributed by atoms with Crippen molar-refractivity contribution < 1.29 is 4.92 Å². The van der Waals surface area contributed by atoms with E-state index in [-0.39, 0.29) is 9.92 Å². The van der Waals surface area contributed by atoms with Crippen molar-refractivity contribution >= 4 is 16.3 Å². The lowest BCUT2D eigenvalue weighted by Gasteiger charge is -2.37. The van der Waals surface area contributed by atoms with Gasteiger partial charge in [-0.2, -0.15) is 0 Å². The van der Waals surface area contributed by atoms with Crippen LogP contribution in [0.4, 0.5) is 5.00 Å². The molecule has 5 nitrogen and oxygen atoms in total. The van der Waals surface area contributed by atoms with E-state index >= 15 is 0 Å². The zero-order valence-corrected chi connectivity index (χ0v) is 12.3. The van der Waals surface area contributed by atoms with Crippen molar-refractivity contribution in [3.8, 4) is 0 Å². The molecule has 0 bridgehead atoms. The van der Waals surface area contributed by atoms with Crippen molar-refractivity contribution in [2.75, 3.05) is 26.2 Å². The molecule has 19 heavy (non-hydrogen) atoms. The van der Waals surface area contributed by atoms with E-state index in [0.29, 0.717) is 12.0 Å². The number of piperazine rings is 1. The van der Waals surface area contributed by atoms with E-state index in [4.69, 9.17) is 0 Å². The Morgan fingerprint density at radius 2 is 2.16 bits per heavy atom. The Balaban J connectivity index is 2.22. The SMILES string of the molecule is CCC(C)[C@@H](c1ccc([N+](=O)[O-])s1)N1CCNCC1. The summed E-state index contributed by atoms with van der Waals surface area (Å²) in [6, 6.07) is 3.88. The summed E-state index contributed by atoms with van der Waals surface area (Å²) < 4.78 is 0. The van der Waals surface area contributed by atoms with Crippen LogP contribution in [0.2, 0.25) is 0 Å². The normalized spacial score (nSPS) is 20.1. The highest BCUT2D eigenvalue weighted by Crippen LogP contribution is 2.37. The Morgan fingerprint density at radius 3 is 2.68 bits per heavy atom. The van der Waals surface area contributed by atoms with Crippen LogP contribution in [0.25, 0.3) is 0 Å². The third-order valence-electron chi connectivity index (χ3n) is 3.81. The summed E-state index contributed by atoms with van der Waals surface area (Å²) in [7, 11) is 0. The van der Waals surface area contributed by atoms with Crippen LogP contribution >= 0.6 is 11.3 Å². The highest BCUT2D eigenvalue weighted by atomic mass is 32.1. The van der Waals surface area contributed by atoms with Gasteiger partial charge in [-0.25, -0.2) is 0 Å². The van der Waals surface area contributed by atoms with Crippen LogP contribution in [-0.2, 0) is 0 Å². The fourth-order valence-electron chi connectivity index (χ4n) is 2.60. The monoisotopic (exact) mass is 283 g/mol. The Labute approximate surface area is 117 Å². The Kier molecular flexibility index (Phi) is 4.90. The maximum atomic E-state index is 10.8. The van der Waals surface area contributed by atoms with E-state index in [2.05, 4.69) is 24.1 Å². The third-order valence-corrected chi connectivity index (χ3v) is 4.92. The number of hydrogen-bond donors (Lipinski definition) is 1. The average molecular weight is 283 g/mol. The fraction of sp³-hybridized carbons (Fsp3) is 0.692. The van der Waals surface area contributed by atoms with Gasteiger partial charge in [0, 0.05) is 43.2 Å². The Morgan fingerprint density at radius 1 is 1.47 bits per heavy atom. The average Bonchev–Trinajstić information content (AvgIpc) is 2.89. The molecule has 1 aliphatic rings. The number of rotatable bonds is 5. The van der Waals surface area contributed by atoms with E-state index < -0.39 is 0 Å². The van der Waals surface area contributed by atoms with E-state index in [9.17, 15) is 10.1 Å². The Bertz CT molecular complexity index is 429. The van der Waals surface area contributed by atoms with E-state index in [1.165, 1.54) is 11.3 Å². The van der Waals surface area contributed by atoms with Crippen LogP contribution < -0.4 is 5.32 Å². The smallest absolute Gasteiger partial charge is 0.314 e. The van der Waals surface area contributed by atoms with Gasteiger partial charge in [-0.05, 0) is 12.0 Å². The summed E-state index contributed by atoms with van der Waals surface area (Å²) in [6.07, 6.45) is 1.08. The van der Waals surface area contributed by atoms with Gasteiger partial charge in [0.05, 0.1) is 4.92 Å². The number of nitrogens with zero attached hydrogens (tertiary/aromatic N) is 2. The lowest BCUT2D eigenvalue weighted by Crippen LogP contribution is -2.46. The van der Waals surface area contributed by atoms with Crippen molar-refractivity contribution in [1.82, 2.24) is 10.2 Å². The second-order valence-corrected chi connectivity index (χ2v) is 6.14. The van der Waals surface area contributed by atoms with Crippen molar-refractivity contribution in [3.05, 3.63) is 27.1 Å². The van der Waals surface area contributed by atoms with Crippen molar-refractivity contribution in [3.63, 3.8) is 0 Å². The lowest BCUT2D eigenvalue weighted by molar-refractivity contribution is -0.380. The summed E-state index contributed by atoms with van der Waals surface area (Å²) in [5.74, 6) is 0.511. The largest absolute Gasteiger partial charge is 0.324 e. The number of hydrogen-bond acceptors (Lipinski definition) is 5. The summed E-state index contributed by atoms with van der Waals surface area (Å²) in [5, 5.41) is 14.4. The standard InChI is InChI=1S/C13H21N3O2S/c1-3-10(2)13(15-8-6-14-7-9-15)11-4-5-12(19-11)16(17)18/h4-5,10,13-14H,3,6-9H2,1-2H3/t10?,13-/m0/s1. The molecule has 0 saturated carbocycles. The molecule has 2 heterocycles. The molecule has 106 valence electrons. The molecule has 1 fully saturated rings. The number of thiophene rings is 1. The molecule has 0 amide bonds. The van der Waals surface area contributed by atoms with Crippen LogP contribution in [0.5, 0.6) is 0 Å². The van der Waals surface area contributed by atoms with Crippen LogP contribution in [0.3, 0.4) is 0 Å². The molecule has 6 heteroatoms. The molecule has 0 radical (unpaired) electrons. The molecular weight excluding hydrogens is 262 g/mol. The molecule has 1 saturated heterocycles. The second kappa shape index (κ2) is 6.45. The van der Waals surface area contributed by atoms with E-state index in [0.717, 1.165) is 37.5 Å². The zero-order chi connectivity index (χ0) is 13.8. The predicted octanol–water partition coefficient (Wildman–Crippen LogP) is 2.65. The zero-order valence-electron chi connectivity index (χ0n) is 11.5. The molecule has 1 aromatic heterocycles. The minimum Gasteiger partial charge on any atom is -0.314 e. The molecular formula is C13H21N3O2S. The molecule has 1 aliphatic heterocycles. The third kappa shape index (κ3) is 3.32. The second-order valence-electron chi connectivity index (χ2n) is 5.05. The molecule has 1 N–H and O–H groups in total. The van der Waals surface area contributed by atoms with Crippen LogP contribution in [0.15, 0.2) is 12.1 Å². The van der Waals surface area contributed by atoms with Crippen molar-refractivity contribution in [2.24, 2.45) is 5.92 Å². The highest BCUT2D eigenvalue weighted by molar-refractivity contribution is 7.15. The van der Waals surface area contributed by atoms with Gasteiger partial charge >= 0.3 is 5.00 Å². The highest BCUT2D eigenvalue weighted by Gasteiger charge is 2.28. The first-order valence-corrected chi connectivity index (χ1v) is 7.64. The van der Waals surface area contributed by atoms with Gasteiger partial charge in [-0.1, -0.05) is 31.6 Å². The molecule has 1 unspecified atom stereocenters. The molecule has 2 atom stereocenters. The lowest BCUT2D eigenvalue weighted by atomic mass is 9.95. The summed E-state index contributed by atoms with van der Waals surface area (Å²) in [4.78, 5) is 14.1. The minimum atomic E-state index is -0.292. The van der Waals surface area contributed by atoms with Gasteiger partial charge in [0.2, 0.25) is 0 Å². The molecule has 1 aromatic rings. The van der Waals surface area contributed by atoms with Gasteiger partial charge in [0.15, 0.2) is 0 Å². The fourth-order valence-corrected chi connectivity index (χ4v) is 3.69. The minimum absolute atomic E-state index is 0.249. The van der Waals surface area contributed by atoms with Crippen molar-refractivity contribution in [2.45, 2.75) is 26.3 Å². The summed E-state index contributed by atoms with van der Waals surface area (Å²) in [5.41, 5.74) is 0. The van der Waals surface area contributed by atoms with Gasteiger partial charge < -0.3 is 5.32 Å². The summed E-state index contributed by atoms with van der Waals surface area (Å²) in [6.45, 7) is 8.45. The van der Waals surface area contributed by atoms with Gasteiger partial charge in [-0.15, -0.1) is 0 Å². The van der Waals surface area contributed by atoms with Crippen molar-refractivity contribution in [1.29, 1.82) is 0 Å². The van der Waals surface area contributed by atoms with E-state index in [1.807, 2.05) is 6.07 Å². The predicted molar refractivity (Wildman–Crippen MR) is 77.6 cm³/mol. The van der Waals surface area contributed by atoms with Crippen LogP contribution in [0, 0.1) is 16.0 Å². The quantitative estimate of drug-likeness (QED) is 0.666. The van der Waals surface area contributed by atoms with Gasteiger partial charge in [0.25, 0.3) is 0 Å². The molecule has 0 spiro atoms. The van der Waals surface area contributed by atoms with Gasteiger partial charge in [0.1, 0.15) is 0 Å². The maximum Gasteiger partial charge on any atom is 0.324 e. The first-order chi connectivity index (χ1) is 9.13. The Hall–Kier alpha value is -0.980. The first-order valence-electron chi connectivity index (χ1n) is 6.82. The van der Waals surface area contributed by atoms with Crippen LogP contribution in [-0.4, -0.2) is 36.0 Å².